The van der Waals surface area contributed by atoms with Crippen LogP contribution in [0.2, 0.25) is 0 Å². The summed E-state index contributed by atoms with van der Waals surface area (Å²) in [5, 5.41) is 15.2. The predicted molar refractivity (Wildman–Crippen MR) is 77.9 cm³/mol. The maximum absolute atomic E-state index is 12.2. The minimum Gasteiger partial charge on any atom is -0.464 e. The van der Waals surface area contributed by atoms with Gasteiger partial charge in [0.2, 0.25) is 0 Å². The zero-order valence-corrected chi connectivity index (χ0v) is 12.8. The van der Waals surface area contributed by atoms with Gasteiger partial charge < -0.3 is 24.9 Å². The van der Waals surface area contributed by atoms with Gasteiger partial charge in [0.1, 0.15) is 17.6 Å². The minimum atomic E-state index is -0.569. The molecule has 1 aliphatic rings. The standard InChI is InChI=1S/C15H24N2O4/c1-10-4-7-13(21-10)12(8-20-3)16-14(19)17-15(2,9-18)11-5-6-11/h4,7,11-12,18H,5-6,8-9H2,1-3H3,(H2,16,17,19). The van der Waals surface area contributed by atoms with Crippen LogP contribution in [0.5, 0.6) is 0 Å². The van der Waals surface area contributed by atoms with Crippen LogP contribution in [-0.2, 0) is 4.74 Å². The number of carbonyl (C=O) groups excluding carboxylic acids is 1. The molecule has 0 bridgehead atoms. The third-order valence-electron chi connectivity index (χ3n) is 3.95. The summed E-state index contributed by atoms with van der Waals surface area (Å²) in [6, 6.07) is 2.99. The predicted octanol–water partition coefficient (Wildman–Crippen LogP) is 1.74. The van der Waals surface area contributed by atoms with Gasteiger partial charge >= 0.3 is 6.03 Å². The fraction of sp³-hybridized carbons (Fsp3) is 0.667. The number of rotatable bonds is 7. The van der Waals surface area contributed by atoms with Crippen molar-refractivity contribution >= 4 is 6.03 Å². The minimum absolute atomic E-state index is 0.0696. The largest absolute Gasteiger partial charge is 0.464 e. The van der Waals surface area contributed by atoms with E-state index in [0.29, 0.717) is 18.3 Å². The summed E-state index contributed by atoms with van der Waals surface area (Å²) in [5.41, 5.74) is -0.569. The Kier molecular flexibility index (Phi) is 4.90. The molecule has 0 radical (unpaired) electrons. The lowest BCUT2D eigenvalue weighted by Crippen LogP contribution is -2.54. The highest BCUT2D eigenvalue weighted by molar-refractivity contribution is 5.75. The number of hydrogen-bond donors (Lipinski definition) is 3. The number of methoxy groups -OCH3 is 1. The van der Waals surface area contributed by atoms with Crippen molar-refractivity contribution in [1.29, 1.82) is 0 Å². The molecule has 0 saturated heterocycles. The number of ether oxygens (including phenoxy) is 1. The molecule has 2 rings (SSSR count). The molecular formula is C15H24N2O4. The van der Waals surface area contributed by atoms with Crippen molar-refractivity contribution in [2.24, 2.45) is 5.92 Å². The molecule has 3 N–H and O–H groups in total. The zero-order valence-electron chi connectivity index (χ0n) is 12.8. The van der Waals surface area contributed by atoms with Crippen LogP contribution in [0, 0.1) is 12.8 Å². The summed E-state index contributed by atoms with van der Waals surface area (Å²) < 4.78 is 10.7. The molecule has 2 atom stereocenters. The Balaban J connectivity index is 1.98. The number of nitrogens with one attached hydrogen (secondary N) is 2. The lowest BCUT2D eigenvalue weighted by Gasteiger charge is -2.29. The highest BCUT2D eigenvalue weighted by Crippen LogP contribution is 2.39. The number of urea groups is 1. The Morgan fingerprint density at radius 3 is 2.76 bits per heavy atom. The molecule has 1 aromatic rings. The van der Waals surface area contributed by atoms with Crippen LogP contribution in [0.25, 0.3) is 0 Å². The number of aliphatic hydroxyl groups is 1. The van der Waals surface area contributed by atoms with Gasteiger partial charge in [-0.3, -0.25) is 0 Å². The Labute approximate surface area is 124 Å². The molecule has 1 aromatic heterocycles. The van der Waals surface area contributed by atoms with Crippen molar-refractivity contribution in [2.45, 2.75) is 38.3 Å². The van der Waals surface area contributed by atoms with Gasteiger partial charge in [-0.05, 0) is 44.7 Å². The molecule has 2 amide bonds. The first-order valence-electron chi connectivity index (χ1n) is 7.23. The first kappa shape index (κ1) is 15.9. The molecule has 118 valence electrons. The van der Waals surface area contributed by atoms with Crippen molar-refractivity contribution in [1.82, 2.24) is 10.6 Å². The third kappa shape index (κ3) is 3.98. The molecule has 6 heteroatoms. The highest BCUT2D eigenvalue weighted by Gasteiger charge is 2.42. The topological polar surface area (TPSA) is 83.7 Å². The van der Waals surface area contributed by atoms with Gasteiger partial charge in [-0.1, -0.05) is 0 Å². The van der Waals surface area contributed by atoms with Crippen molar-refractivity contribution in [3.05, 3.63) is 23.7 Å². The molecule has 1 saturated carbocycles. The number of hydrogen-bond acceptors (Lipinski definition) is 4. The second-order valence-electron chi connectivity index (χ2n) is 5.90. The molecule has 0 aromatic carbocycles. The molecule has 0 spiro atoms. The third-order valence-corrected chi connectivity index (χ3v) is 3.95. The summed E-state index contributed by atoms with van der Waals surface area (Å²) in [4.78, 5) is 12.2. The van der Waals surface area contributed by atoms with Crippen molar-refractivity contribution in [2.75, 3.05) is 20.3 Å². The smallest absolute Gasteiger partial charge is 0.315 e. The fourth-order valence-corrected chi connectivity index (χ4v) is 2.45. The van der Waals surface area contributed by atoms with Crippen molar-refractivity contribution in [3.8, 4) is 0 Å². The first-order valence-corrected chi connectivity index (χ1v) is 7.23. The van der Waals surface area contributed by atoms with Gasteiger partial charge in [-0.25, -0.2) is 4.79 Å². The van der Waals surface area contributed by atoms with Gasteiger partial charge in [0.25, 0.3) is 0 Å². The second-order valence-corrected chi connectivity index (χ2v) is 5.90. The average molecular weight is 296 g/mol. The molecule has 0 aliphatic heterocycles. The lowest BCUT2D eigenvalue weighted by molar-refractivity contribution is 0.140. The molecular weight excluding hydrogens is 272 g/mol. The van der Waals surface area contributed by atoms with Gasteiger partial charge in [0.15, 0.2) is 0 Å². The number of carbonyl (C=O) groups is 1. The summed E-state index contributed by atoms with van der Waals surface area (Å²) in [6.45, 7) is 3.97. The molecule has 6 nitrogen and oxygen atoms in total. The van der Waals surface area contributed by atoms with Crippen LogP contribution in [0.4, 0.5) is 4.79 Å². The summed E-state index contributed by atoms with van der Waals surface area (Å²) in [7, 11) is 1.57. The highest BCUT2D eigenvalue weighted by atomic mass is 16.5. The van der Waals surface area contributed by atoms with Crippen LogP contribution in [-0.4, -0.2) is 37.0 Å². The number of furan rings is 1. The van der Waals surface area contributed by atoms with E-state index in [-0.39, 0.29) is 18.7 Å². The average Bonchev–Trinajstić information content (AvgIpc) is 3.21. The maximum Gasteiger partial charge on any atom is 0.315 e. The Hall–Kier alpha value is -1.53. The first-order chi connectivity index (χ1) is 9.98. The van der Waals surface area contributed by atoms with E-state index in [9.17, 15) is 9.90 Å². The maximum atomic E-state index is 12.2. The monoisotopic (exact) mass is 296 g/mol. The van der Waals surface area contributed by atoms with Crippen molar-refractivity contribution in [3.63, 3.8) is 0 Å². The molecule has 2 unspecified atom stereocenters. The van der Waals surface area contributed by atoms with E-state index >= 15 is 0 Å². The SMILES string of the molecule is COCC(NC(=O)NC(C)(CO)C1CC1)c1ccc(C)o1. The van der Waals surface area contributed by atoms with Crippen LogP contribution in [0.1, 0.15) is 37.3 Å². The Morgan fingerprint density at radius 2 is 2.29 bits per heavy atom. The fourth-order valence-electron chi connectivity index (χ4n) is 2.45. The molecule has 21 heavy (non-hydrogen) atoms. The van der Waals surface area contributed by atoms with E-state index in [4.69, 9.17) is 9.15 Å². The van der Waals surface area contributed by atoms with Crippen LogP contribution in [0.3, 0.4) is 0 Å². The van der Waals surface area contributed by atoms with Gasteiger partial charge in [0, 0.05) is 7.11 Å². The summed E-state index contributed by atoms with van der Waals surface area (Å²) in [5.74, 6) is 1.79. The van der Waals surface area contributed by atoms with Gasteiger partial charge in [-0.15, -0.1) is 0 Å². The van der Waals surface area contributed by atoms with Crippen LogP contribution < -0.4 is 10.6 Å². The van der Waals surface area contributed by atoms with Gasteiger partial charge in [-0.2, -0.15) is 0 Å². The molecule has 1 heterocycles. The van der Waals surface area contributed by atoms with Crippen molar-refractivity contribution < 1.29 is 19.1 Å². The van der Waals surface area contributed by atoms with E-state index in [1.54, 1.807) is 7.11 Å². The van der Waals surface area contributed by atoms with Gasteiger partial charge in [0.05, 0.1) is 18.8 Å². The van der Waals surface area contributed by atoms with E-state index in [0.717, 1.165) is 18.6 Å². The zero-order chi connectivity index (χ0) is 15.5. The Morgan fingerprint density at radius 1 is 1.57 bits per heavy atom. The van der Waals surface area contributed by atoms with Crippen LogP contribution in [0.15, 0.2) is 16.5 Å². The van der Waals surface area contributed by atoms with Crippen LogP contribution >= 0.6 is 0 Å². The number of aliphatic hydroxyl groups excluding tert-OH is 1. The molecule has 1 aliphatic carbocycles. The van der Waals surface area contributed by atoms with E-state index in [1.807, 2.05) is 26.0 Å². The van der Waals surface area contributed by atoms with E-state index in [1.165, 1.54) is 0 Å². The van der Waals surface area contributed by atoms with E-state index < -0.39 is 5.54 Å². The molecule has 1 fully saturated rings. The quantitative estimate of drug-likeness (QED) is 0.715. The van der Waals surface area contributed by atoms with E-state index in [2.05, 4.69) is 10.6 Å². The lowest BCUT2D eigenvalue weighted by atomic mass is 9.97. The Bertz CT molecular complexity index is 484. The normalized spacial score (nSPS) is 18.9. The summed E-state index contributed by atoms with van der Waals surface area (Å²) in [6.07, 6.45) is 2.08. The number of aryl methyl sites for hydroxylation is 1. The summed E-state index contributed by atoms with van der Waals surface area (Å²) >= 11 is 0. The number of amides is 2. The second kappa shape index (κ2) is 6.49.